The molecule has 1 aromatic heterocycles. The summed E-state index contributed by atoms with van der Waals surface area (Å²) in [6.45, 7) is 1.30. The van der Waals surface area contributed by atoms with Crippen molar-refractivity contribution in [1.29, 1.82) is 0 Å². The van der Waals surface area contributed by atoms with Crippen LogP contribution < -0.4 is 0 Å². The third kappa shape index (κ3) is 5.06. The Morgan fingerprint density at radius 3 is 2.67 bits per heavy atom. The van der Waals surface area contributed by atoms with E-state index in [0.29, 0.717) is 25.3 Å². The molecular formula is C17H18N2O5. The van der Waals surface area contributed by atoms with Gasteiger partial charge >= 0.3 is 0 Å². The summed E-state index contributed by atoms with van der Waals surface area (Å²) in [6.07, 6.45) is 6.21. The maximum atomic E-state index is 12.4. The zero-order chi connectivity index (χ0) is 17.4. The molecule has 0 aliphatic carbocycles. The van der Waals surface area contributed by atoms with Crippen molar-refractivity contribution in [3.05, 3.63) is 70.2 Å². The lowest BCUT2D eigenvalue weighted by molar-refractivity contribution is -0.384. The molecule has 0 bridgehead atoms. The summed E-state index contributed by atoms with van der Waals surface area (Å²) in [6, 6.07) is 7.79. The minimum absolute atomic E-state index is 0.0140. The van der Waals surface area contributed by atoms with Crippen LogP contribution in [0.5, 0.6) is 0 Å². The first kappa shape index (κ1) is 17.4. The van der Waals surface area contributed by atoms with Crippen molar-refractivity contribution in [2.75, 3.05) is 20.3 Å². The first-order valence-corrected chi connectivity index (χ1v) is 7.31. The van der Waals surface area contributed by atoms with Gasteiger partial charge in [0.25, 0.3) is 5.69 Å². The SMILES string of the molecule is COCCN(Cc1ccoc1)C(=O)/C=C/c1ccc([N+](=O)[O-])cc1. The lowest BCUT2D eigenvalue weighted by atomic mass is 10.2. The van der Waals surface area contributed by atoms with Gasteiger partial charge in [-0.15, -0.1) is 0 Å². The molecule has 7 heteroatoms. The Balaban J connectivity index is 2.03. The molecular weight excluding hydrogens is 312 g/mol. The number of nitro groups is 1. The van der Waals surface area contributed by atoms with Crippen molar-refractivity contribution in [2.45, 2.75) is 6.54 Å². The molecule has 2 rings (SSSR count). The summed E-state index contributed by atoms with van der Waals surface area (Å²) < 4.78 is 10.1. The van der Waals surface area contributed by atoms with E-state index in [2.05, 4.69) is 0 Å². The maximum absolute atomic E-state index is 12.4. The van der Waals surface area contributed by atoms with Crippen molar-refractivity contribution in [3.63, 3.8) is 0 Å². The van der Waals surface area contributed by atoms with Crippen molar-refractivity contribution in [2.24, 2.45) is 0 Å². The molecule has 0 saturated heterocycles. The summed E-state index contributed by atoms with van der Waals surface area (Å²) in [5.41, 5.74) is 1.62. The highest BCUT2D eigenvalue weighted by Gasteiger charge is 2.12. The standard InChI is InChI=1S/C17H18N2O5/c1-23-11-9-18(12-15-8-10-24-13-15)17(20)7-4-14-2-5-16(6-3-14)19(21)22/h2-8,10,13H,9,11-12H2,1H3/b7-4+. The predicted molar refractivity (Wildman–Crippen MR) is 88.1 cm³/mol. The quantitative estimate of drug-likeness (QED) is 0.422. The number of hydrogen-bond donors (Lipinski definition) is 0. The van der Waals surface area contributed by atoms with E-state index >= 15 is 0 Å². The molecule has 0 atom stereocenters. The Labute approximate surface area is 139 Å². The van der Waals surface area contributed by atoms with Crippen LogP contribution in [0.1, 0.15) is 11.1 Å². The van der Waals surface area contributed by atoms with Crippen LogP contribution in [0.3, 0.4) is 0 Å². The van der Waals surface area contributed by atoms with Gasteiger partial charge in [0.05, 0.1) is 24.1 Å². The number of carbonyl (C=O) groups is 1. The van der Waals surface area contributed by atoms with E-state index in [1.54, 1.807) is 48.8 Å². The van der Waals surface area contributed by atoms with E-state index in [0.717, 1.165) is 5.56 Å². The fourth-order valence-electron chi connectivity index (χ4n) is 2.05. The van der Waals surface area contributed by atoms with Crippen molar-refractivity contribution in [1.82, 2.24) is 4.90 Å². The largest absolute Gasteiger partial charge is 0.472 e. The Hall–Kier alpha value is -2.93. The Kier molecular flexibility index (Phi) is 6.27. The van der Waals surface area contributed by atoms with Crippen LogP contribution in [-0.4, -0.2) is 36.0 Å². The van der Waals surface area contributed by atoms with E-state index < -0.39 is 4.92 Å². The van der Waals surface area contributed by atoms with E-state index in [9.17, 15) is 14.9 Å². The van der Waals surface area contributed by atoms with Crippen LogP contribution in [0, 0.1) is 10.1 Å². The number of non-ortho nitro benzene ring substituents is 1. The molecule has 1 heterocycles. The van der Waals surface area contributed by atoms with Gasteiger partial charge in [-0.3, -0.25) is 14.9 Å². The summed E-state index contributed by atoms with van der Waals surface area (Å²) in [7, 11) is 1.58. The number of methoxy groups -OCH3 is 1. The summed E-state index contributed by atoms with van der Waals surface area (Å²) in [4.78, 5) is 24.2. The second kappa shape index (κ2) is 8.64. The second-order valence-corrected chi connectivity index (χ2v) is 5.07. The van der Waals surface area contributed by atoms with Crippen LogP contribution in [-0.2, 0) is 16.1 Å². The summed E-state index contributed by atoms with van der Waals surface area (Å²) >= 11 is 0. The van der Waals surface area contributed by atoms with E-state index in [1.165, 1.54) is 18.2 Å². The lowest BCUT2D eigenvalue weighted by Crippen LogP contribution is -2.31. The monoisotopic (exact) mass is 330 g/mol. The highest BCUT2D eigenvalue weighted by molar-refractivity contribution is 5.91. The number of amides is 1. The predicted octanol–water partition coefficient (Wildman–Crippen LogP) is 2.88. The molecule has 0 aliphatic heterocycles. The van der Waals surface area contributed by atoms with Crippen LogP contribution in [0.2, 0.25) is 0 Å². The topological polar surface area (TPSA) is 85.8 Å². The van der Waals surface area contributed by atoms with E-state index in [1.807, 2.05) is 0 Å². The average Bonchev–Trinajstić information content (AvgIpc) is 3.10. The smallest absolute Gasteiger partial charge is 0.269 e. The molecule has 24 heavy (non-hydrogen) atoms. The van der Waals surface area contributed by atoms with Gasteiger partial charge in [-0.2, -0.15) is 0 Å². The molecule has 0 spiro atoms. The summed E-state index contributed by atoms with van der Waals surface area (Å²) in [5.74, 6) is -0.174. The van der Waals surface area contributed by atoms with Crippen LogP contribution in [0.4, 0.5) is 5.69 Å². The van der Waals surface area contributed by atoms with Crippen LogP contribution in [0.15, 0.2) is 53.4 Å². The van der Waals surface area contributed by atoms with Crippen molar-refractivity contribution >= 4 is 17.7 Å². The number of furan rings is 1. The van der Waals surface area contributed by atoms with Crippen LogP contribution >= 0.6 is 0 Å². The molecule has 1 amide bonds. The van der Waals surface area contributed by atoms with Crippen molar-refractivity contribution < 1.29 is 18.9 Å². The molecule has 1 aromatic carbocycles. The maximum Gasteiger partial charge on any atom is 0.269 e. The fraction of sp³-hybridized carbons (Fsp3) is 0.235. The third-order valence-electron chi connectivity index (χ3n) is 3.35. The molecule has 0 N–H and O–H groups in total. The van der Waals surface area contributed by atoms with Gasteiger partial charge in [0.15, 0.2) is 0 Å². The highest BCUT2D eigenvalue weighted by Crippen LogP contribution is 2.13. The Morgan fingerprint density at radius 1 is 1.33 bits per heavy atom. The average molecular weight is 330 g/mol. The van der Waals surface area contributed by atoms with Gasteiger partial charge in [0, 0.05) is 44.0 Å². The number of benzene rings is 1. The zero-order valence-corrected chi connectivity index (χ0v) is 13.3. The Morgan fingerprint density at radius 2 is 2.08 bits per heavy atom. The minimum Gasteiger partial charge on any atom is -0.472 e. The number of nitro benzene ring substituents is 1. The second-order valence-electron chi connectivity index (χ2n) is 5.07. The minimum atomic E-state index is -0.462. The third-order valence-corrected chi connectivity index (χ3v) is 3.35. The molecule has 0 saturated carbocycles. The zero-order valence-electron chi connectivity index (χ0n) is 13.3. The van der Waals surface area contributed by atoms with Gasteiger partial charge in [0.2, 0.25) is 5.91 Å². The van der Waals surface area contributed by atoms with Gasteiger partial charge in [-0.1, -0.05) is 0 Å². The first-order chi connectivity index (χ1) is 11.6. The normalized spacial score (nSPS) is 10.9. The molecule has 0 unspecified atom stereocenters. The molecule has 126 valence electrons. The van der Waals surface area contributed by atoms with E-state index in [-0.39, 0.29) is 11.6 Å². The van der Waals surface area contributed by atoms with Gasteiger partial charge in [-0.05, 0) is 29.8 Å². The highest BCUT2D eigenvalue weighted by atomic mass is 16.6. The molecule has 0 radical (unpaired) electrons. The van der Waals surface area contributed by atoms with Crippen molar-refractivity contribution in [3.8, 4) is 0 Å². The molecule has 0 aliphatic rings. The number of carbonyl (C=O) groups excluding carboxylic acids is 1. The number of nitrogens with zero attached hydrogens (tertiary/aromatic N) is 2. The lowest BCUT2D eigenvalue weighted by Gasteiger charge is -2.20. The Bertz CT molecular complexity index is 692. The number of hydrogen-bond acceptors (Lipinski definition) is 5. The number of ether oxygens (including phenoxy) is 1. The molecule has 2 aromatic rings. The fourth-order valence-corrected chi connectivity index (χ4v) is 2.05. The summed E-state index contributed by atoms with van der Waals surface area (Å²) in [5, 5.41) is 10.6. The molecule has 0 fully saturated rings. The van der Waals surface area contributed by atoms with Gasteiger partial charge < -0.3 is 14.1 Å². The van der Waals surface area contributed by atoms with Gasteiger partial charge in [0.1, 0.15) is 0 Å². The first-order valence-electron chi connectivity index (χ1n) is 7.31. The van der Waals surface area contributed by atoms with Crippen LogP contribution in [0.25, 0.3) is 6.08 Å². The number of rotatable bonds is 8. The van der Waals surface area contributed by atoms with E-state index in [4.69, 9.17) is 9.15 Å². The molecule has 7 nitrogen and oxygen atoms in total. The van der Waals surface area contributed by atoms with Gasteiger partial charge in [-0.25, -0.2) is 0 Å².